The van der Waals surface area contributed by atoms with E-state index in [1.807, 2.05) is 6.07 Å². The van der Waals surface area contributed by atoms with Crippen LogP contribution in [0.2, 0.25) is 5.02 Å². The average molecular weight is 291 g/mol. The summed E-state index contributed by atoms with van der Waals surface area (Å²) >= 11 is 5.97. The van der Waals surface area contributed by atoms with Gasteiger partial charge in [0.1, 0.15) is 11.9 Å². The topological polar surface area (TPSA) is 46.3 Å². The number of carbonyl (C=O) groups is 1. The van der Waals surface area contributed by atoms with Gasteiger partial charge in [0, 0.05) is 10.7 Å². The first kappa shape index (κ1) is 13.1. The van der Waals surface area contributed by atoms with Gasteiger partial charge in [-0.2, -0.15) is 0 Å². The lowest BCUT2D eigenvalue weighted by Crippen LogP contribution is -2.63. The number of β-lactam (4-membered cyclic amide) rings is 1. The van der Waals surface area contributed by atoms with Gasteiger partial charge in [0.15, 0.2) is 0 Å². The molecule has 2 atom stereocenters. The molecule has 1 aliphatic heterocycles. The zero-order valence-corrected chi connectivity index (χ0v) is 11.2. The van der Waals surface area contributed by atoms with E-state index in [0.717, 1.165) is 5.56 Å². The maximum atomic E-state index is 13.3. The Labute approximate surface area is 120 Å². The first-order valence-corrected chi connectivity index (χ1v) is 6.55. The fourth-order valence-electron chi connectivity index (χ4n) is 2.47. The largest absolute Gasteiger partial charge is 0.318 e. The van der Waals surface area contributed by atoms with E-state index in [0.29, 0.717) is 10.7 Å². The van der Waals surface area contributed by atoms with Crippen molar-refractivity contribution in [2.75, 3.05) is 4.90 Å². The molecule has 0 unspecified atom stereocenters. The second-order valence-corrected chi connectivity index (χ2v) is 5.15. The first-order valence-electron chi connectivity index (χ1n) is 6.17. The molecule has 0 saturated carbocycles. The predicted molar refractivity (Wildman–Crippen MR) is 76.1 cm³/mol. The van der Waals surface area contributed by atoms with Crippen LogP contribution in [0.15, 0.2) is 48.5 Å². The minimum atomic E-state index is -0.628. The van der Waals surface area contributed by atoms with E-state index >= 15 is 0 Å². The van der Waals surface area contributed by atoms with Crippen molar-refractivity contribution in [3.05, 3.63) is 64.9 Å². The number of hydrogen-bond acceptors (Lipinski definition) is 2. The van der Waals surface area contributed by atoms with Crippen molar-refractivity contribution >= 4 is 23.2 Å². The number of anilines is 1. The van der Waals surface area contributed by atoms with Crippen LogP contribution >= 0.6 is 11.6 Å². The molecule has 102 valence electrons. The predicted octanol–water partition coefficient (Wildman–Crippen LogP) is 2.89. The van der Waals surface area contributed by atoms with Crippen molar-refractivity contribution in [2.24, 2.45) is 5.73 Å². The number of nitrogens with zero attached hydrogens (tertiary/aromatic N) is 1. The summed E-state index contributed by atoms with van der Waals surface area (Å²) in [5.41, 5.74) is 7.23. The van der Waals surface area contributed by atoms with Gasteiger partial charge in [0.25, 0.3) is 0 Å². The van der Waals surface area contributed by atoms with Crippen LogP contribution < -0.4 is 10.6 Å². The molecule has 3 rings (SSSR count). The third-order valence-corrected chi connectivity index (χ3v) is 3.65. The Morgan fingerprint density at radius 3 is 2.60 bits per heavy atom. The molecule has 1 aliphatic rings. The van der Waals surface area contributed by atoms with Gasteiger partial charge in [0.2, 0.25) is 5.91 Å². The number of carbonyl (C=O) groups excluding carboxylic acids is 1. The van der Waals surface area contributed by atoms with Crippen LogP contribution in [0.25, 0.3) is 0 Å². The lowest BCUT2D eigenvalue weighted by Gasteiger charge is -2.45. The molecule has 1 amide bonds. The Morgan fingerprint density at radius 1 is 1.15 bits per heavy atom. The molecule has 20 heavy (non-hydrogen) atoms. The molecule has 0 aliphatic carbocycles. The SMILES string of the molecule is N[C@H]1C(=O)N(c2cccc(F)c2)[C@@H]1c1cccc(Cl)c1. The molecule has 0 spiro atoms. The molecule has 1 fully saturated rings. The molecule has 0 radical (unpaired) electrons. The molecular formula is C15H12ClFN2O. The maximum absolute atomic E-state index is 13.3. The second kappa shape index (κ2) is 4.89. The third-order valence-electron chi connectivity index (χ3n) is 3.42. The van der Waals surface area contributed by atoms with Gasteiger partial charge >= 0.3 is 0 Å². The number of hydrogen-bond donors (Lipinski definition) is 1. The van der Waals surface area contributed by atoms with Crippen molar-refractivity contribution in [3.8, 4) is 0 Å². The molecule has 3 nitrogen and oxygen atoms in total. The molecule has 2 aromatic carbocycles. The number of amides is 1. The molecule has 5 heteroatoms. The quantitative estimate of drug-likeness (QED) is 0.865. The monoisotopic (exact) mass is 290 g/mol. The summed E-state index contributed by atoms with van der Waals surface area (Å²) in [5, 5.41) is 0.577. The summed E-state index contributed by atoms with van der Waals surface area (Å²) in [5.74, 6) is -0.610. The van der Waals surface area contributed by atoms with Crippen LogP contribution in [-0.2, 0) is 4.79 Å². The minimum Gasteiger partial charge on any atom is -0.318 e. The molecule has 1 heterocycles. The minimum absolute atomic E-state index is 0.222. The van der Waals surface area contributed by atoms with Gasteiger partial charge in [-0.25, -0.2) is 4.39 Å². The van der Waals surface area contributed by atoms with E-state index in [4.69, 9.17) is 17.3 Å². The Kier molecular flexibility index (Phi) is 3.20. The highest BCUT2D eigenvalue weighted by atomic mass is 35.5. The van der Waals surface area contributed by atoms with Gasteiger partial charge in [0.05, 0.1) is 6.04 Å². The Balaban J connectivity index is 2.00. The molecule has 2 N–H and O–H groups in total. The van der Waals surface area contributed by atoms with E-state index in [-0.39, 0.29) is 17.8 Å². The van der Waals surface area contributed by atoms with Crippen molar-refractivity contribution in [2.45, 2.75) is 12.1 Å². The average Bonchev–Trinajstić information content (AvgIpc) is 2.43. The fourth-order valence-corrected chi connectivity index (χ4v) is 2.67. The number of benzene rings is 2. The fraction of sp³-hybridized carbons (Fsp3) is 0.133. The number of halogens is 2. The van der Waals surface area contributed by atoms with Crippen LogP contribution in [0.4, 0.5) is 10.1 Å². The summed E-state index contributed by atoms with van der Waals surface area (Å²) in [6.07, 6.45) is 0. The zero-order valence-electron chi connectivity index (χ0n) is 10.5. The molecule has 2 aromatic rings. The highest BCUT2D eigenvalue weighted by Crippen LogP contribution is 2.38. The van der Waals surface area contributed by atoms with Gasteiger partial charge in [-0.15, -0.1) is 0 Å². The Bertz CT molecular complexity index is 676. The smallest absolute Gasteiger partial charge is 0.247 e. The highest BCUT2D eigenvalue weighted by molar-refractivity contribution is 6.30. The van der Waals surface area contributed by atoms with Gasteiger partial charge in [-0.1, -0.05) is 29.8 Å². The summed E-state index contributed by atoms with van der Waals surface area (Å²) < 4.78 is 13.3. The maximum Gasteiger partial charge on any atom is 0.247 e. The zero-order chi connectivity index (χ0) is 14.3. The van der Waals surface area contributed by atoms with Crippen molar-refractivity contribution in [1.29, 1.82) is 0 Å². The van der Waals surface area contributed by atoms with E-state index in [1.54, 1.807) is 30.3 Å². The highest BCUT2D eigenvalue weighted by Gasteiger charge is 2.46. The standard InChI is InChI=1S/C15H12ClFN2O/c16-10-4-1-3-9(7-10)14-13(18)15(20)19(14)12-6-2-5-11(17)8-12/h1-8,13-14H,18H2/t13-,14-/m1/s1. The molecule has 0 aromatic heterocycles. The van der Waals surface area contributed by atoms with E-state index in [2.05, 4.69) is 0 Å². The van der Waals surface area contributed by atoms with Crippen LogP contribution in [0.5, 0.6) is 0 Å². The lowest BCUT2D eigenvalue weighted by molar-refractivity contribution is -0.126. The molecule has 0 bridgehead atoms. The van der Waals surface area contributed by atoms with Crippen molar-refractivity contribution in [1.82, 2.24) is 0 Å². The van der Waals surface area contributed by atoms with Crippen LogP contribution in [0.3, 0.4) is 0 Å². The van der Waals surface area contributed by atoms with Crippen molar-refractivity contribution < 1.29 is 9.18 Å². The lowest BCUT2D eigenvalue weighted by atomic mass is 9.88. The first-order chi connectivity index (χ1) is 9.58. The Morgan fingerprint density at radius 2 is 1.90 bits per heavy atom. The van der Waals surface area contributed by atoms with E-state index in [9.17, 15) is 9.18 Å². The summed E-state index contributed by atoms with van der Waals surface area (Å²) in [6.45, 7) is 0. The van der Waals surface area contributed by atoms with E-state index < -0.39 is 6.04 Å². The molecular weight excluding hydrogens is 279 g/mol. The van der Waals surface area contributed by atoms with Crippen LogP contribution in [-0.4, -0.2) is 11.9 Å². The Hall–Kier alpha value is -1.91. The van der Waals surface area contributed by atoms with Crippen LogP contribution in [0, 0.1) is 5.82 Å². The van der Waals surface area contributed by atoms with E-state index in [1.165, 1.54) is 17.0 Å². The summed E-state index contributed by atoms with van der Waals surface area (Å²) in [6, 6.07) is 12.1. The molecule has 1 saturated heterocycles. The van der Waals surface area contributed by atoms with Gasteiger partial charge in [-0.3, -0.25) is 4.79 Å². The summed E-state index contributed by atoms with van der Waals surface area (Å²) in [4.78, 5) is 13.5. The normalized spacial score (nSPS) is 21.8. The summed E-state index contributed by atoms with van der Waals surface area (Å²) in [7, 11) is 0. The van der Waals surface area contributed by atoms with Crippen LogP contribution in [0.1, 0.15) is 11.6 Å². The van der Waals surface area contributed by atoms with Crippen molar-refractivity contribution in [3.63, 3.8) is 0 Å². The van der Waals surface area contributed by atoms with Gasteiger partial charge in [-0.05, 0) is 35.9 Å². The third kappa shape index (κ3) is 2.07. The second-order valence-electron chi connectivity index (χ2n) is 4.71. The number of nitrogens with two attached hydrogens (primary N) is 1. The van der Waals surface area contributed by atoms with Gasteiger partial charge < -0.3 is 10.6 Å². The number of rotatable bonds is 2.